The number of carbonyl (C=O) groups excluding carboxylic acids is 1. The van der Waals surface area contributed by atoms with Gasteiger partial charge in [0.2, 0.25) is 5.91 Å². The molecule has 1 aromatic heterocycles. The fourth-order valence-corrected chi connectivity index (χ4v) is 2.14. The fourth-order valence-electron chi connectivity index (χ4n) is 2.14. The number of aliphatic hydroxyl groups is 1. The van der Waals surface area contributed by atoms with Crippen molar-refractivity contribution in [2.45, 2.75) is 26.5 Å². The summed E-state index contributed by atoms with van der Waals surface area (Å²) in [6, 6.07) is 7.91. The average molecular weight is 246 g/mol. The summed E-state index contributed by atoms with van der Waals surface area (Å²) in [6.45, 7) is 3.22. The Hall–Kier alpha value is -1.81. The van der Waals surface area contributed by atoms with Crippen LogP contribution in [0.4, 0.5) is 0 Å². The van der Waals surface area contributed by atoms with E-state index in [1.807, 2.05) is 42.0 Å². The summed E-state index contributed by atoms with van der Waals surface area (Å²) in [7, 11) is 0. The lowest BCUT2D eigenvalue weighted by Crippen LogP contribution is -2.23. The molecule has 18 heavy (non-hydrogen) atoms. The number of fused-ring (bicyclic) bond motifs is 1. The second kappa shape index (κ2) is 5.69. The van der Waals surface area contributed by atoms with E-state index in [0.717, 1.165) is 16.5 Å². The molecule has 0 aliphatic rings. The Balaban J connectivity index is 2.20. The van der Waals surface area contributed by atoms with Gasteiger partial charge in [-0.05, 0) is 13.0 Å². The quantitative estimate of drug-likeness (QED) is 0.843. The van der Waals surface area contributed by atoms with Crippen molar-refractivity contribution in [3.63, 3.8) is 0 Å². The van der Waals surface area contributed by atoms with Gasteiger partial charge in [-0.1, -0.05) is 18.2 Å². The maximum atomic E-state index is 11.5. The number of carbonyl (C=O) groups is 1. The third-order valence-corrected chi connectivity index (χ3v) is 3.00. The van der Waals surface area contributed by atoms with Crippen molar-refractivity contribution in [2.24, 2.45) is 0 Å². The summed E-state index contributed by atoms with van der Waals surface area (Å²) >= 11 is 0. The van der Waals surface area contributed by atoms with Crippen LogP contribution in [0, 0.1) is 0 Å². The molecule has 4 nitrogen and oxygen atoms in total. The van der Waals surface area contributed by atoms with E-state index in [0.29, 0.717) is 19.5 Å². The van der Waals surface area contributed by atoms with Gasteiger partial charge in [-0.3, -0.25) is 4.79 Å². The molecule has 0 unspecified atom stereocenters. The lowest BCUT2D eigenvalue weighted by atomic mass is 10.2. The molecule has 1 amide bonds. The zero-order valence-electron chi connectivity index (χ0n) is 10.5. The number of aryl methyl sites for hydroxylation is 1. The highest BCUT2D eigenvalue weighted by atomic mass is 16.3. The molecule has 0 fully saturated rings. The van der Waals surface area contributed by atoms with E-state index in [-0.39, 0.29) is 12.5 Å². The molecule has 0 bridgehead atoms. The van der Waals surface area contributed by atoms with Crippen molar-refractivity contribution >= 4 is 16.8 Å². The Kier molecular flexibility index (Phi) is 3.99. The topological polar surface area (TPSA) is 54.3 Å². The first-order valence-electron chi connectivity index (χ1n) is 6.20. The molecule has 96 valence electrons. The van der Waals surface area contributed by atoms with E-state index in [4.69, 9.17) is 0 Å². The molecular weight excluding hydrogens is 228 g/mol. The van der Waals surface area contributed by atoms with Crippen LogP contribution in [-0.2, 0) is 17.9 Å². The summed E-state index contributed by atoms with van der Waals surface area (Å²) in [5.41, 5.74) is 1.97. The normalized spacial score (nSPS) is 10.8. The van der Waals surface area contributed by atoms with Gasteiger partial charge in [-0.25, -0.2) is 0 Å². The van der Waals surface area contributed by atoms with Crippen LogP contribution in [0.1, 0.15) is 18.9 Å². The van der Waals surface area contributed by atoms with Crippen molar-refractivity contribution in [3.05, 3.63) is 36.0 Å². The fraction of sp³-hybridized carbons (Fsp3) is 0.357. The smallest absolute Gasteiger partial charge is 0.221 e. The third-order valence-electron chi connectivity index (χ3n) is 3.00. The van der Waals surface area contributed by atoms with Gasteiger partial charge >= 0.3 is 0 Å². The van der Waals surface area contributed by atoms with Crippen LogP contribution >= 0.6 is 0 Å². The van der Waals surface area contributed by atoms with Crippen LogP contribution in [-0.4, -0.2) is 22.1 Å². The molecule has 0 aliphatic carbocycles. The molecule has 0 spiro atoms. The molecule has 0 aliphatic heterocycles. The van der Waals surface area contributed by atoms with Gasteiger partial charge in [-0.15, -0.1) is 0 Å². The highest BCUT2D eigenvalue weighted by Crippen LogP contribution is 2.21. The Morgan fingerprint density at radius 3 is 2.89 bits per heavy atom. The van der Waals surface area contributed by atoms with Crippen molar-refractivity contribution < 1.29 is 9.90 Å². The van der Waals surface area contributed by atoms with E-state index >= 15 is 0 Å². The summed E-state index contributed by atoms with van der Waals surface area (Å²) < 4.78 is 2.02. The highest BCUT2D eigenvalue weighted by molar-refractivity contribution is 5.84. The maximum absolute atomic E-state index is 11.5. The number of aromatic nitrogens is 1. The zero-order valence-corrected chi connectivity index (χ0v) is 10.5. The molecule has 2 rings (SSSR count). The summed E-state index contributed by atoms with van der Waals surface area (Å²) in [5.74, 6) is 0.0563. The molecule has 1 heterocycles. The number of benzene rings is 1. The number of nitrogens with zero attached hydrogens (tertiary/aromatic N) is 1. The van der Waals surface area contributed by atoms with Crippen molar-refractivity contribution in [3.8, 4) is 0 Å². The van der Waals surface area contributed by atoms with Gasteiger partial charge < -0.3 is 15.0 Å². The first-order valence-corrected chi connectivity index (χ1v) is 6.20. The van der Waals surface area contributed by atoms with E-state index < -0.39 is 0 Å². The Bertz CT molecular complexity index is 546. The second-order valence-corrected chi connectivity index (χ2v) is 4.23. The van der Waals surface area contributed by atoms with E-state index in [9.17, 15) is 9.90 Å². The summed E-state index contributed by atoms with van der Waals surface area (Å²) in [6.07, 6.45) is 2.38. The Morgan fingerprint density at radius 2 is 2.17 bits per heavy atom. The minimum absolute atomic E-state index is 0.0225. The number of rotatable bonds is 5. The highest BCUT2D eigenvalue weighted by Gasteiger charge is 2.08. The molecule has 4 heteroatoms. The summed E-state index contributed by atoms with van der Waals surface area (Å²) in [5, 5.41) is 13.2. The maximum Gasteiger partial charge on any atom is 0.221 e. The predicted octanol–water partition coefficient (Wildman–Crippen LogP) is 1.66. The van der Waals surface area contributed by atoms with Gasteiger partial charge in [0.25, 0.3) is 0 Å². The minimum atomic E-state index is 0.0225. The average Bonchev–Trinajstić information content (AvgIpc) is 2.75. The number of amides is 1. The van der Waals surface area contributed by atoms with Gasteiger partial charge in [-0.2, -0.15) is 0 Å². The molecule has 0 radical (unpaired) electrons. The van der Waals surface area contributed by atoms with E-state index in [2.05, 4.69) is 5.32 Å². The predicted molar refractivity (Wildman–Crippen MR) is 71.2 cm³/mol. The number of hydrogen-bond donors (Lipinski definition) is 2. The van der Waals surface area contributed by atoms with E-state index in [1.54, 1.807) is 0 Å². The largest absolute Gasteiger partial charge is 0.392 e. The number of aliphatic hydroxyl groups excluding tert-OH is 1. The molecular formula is C14H18N2O2. The molecule has 0 saturated heterocycles. The van der Waals surface area contributed by atoms with E-state index in [1.165, 1.54) is 0 Å². The molecule has 0 atom stereocenters. The SMILES string of the molecule is CCNC(=O)CCn1cc(CO)c2ccccc21. The van der Waals surface area contributed by atoms with Crippen molar-refractivity contribution in [1.29, 1.82) is 0 Å². The molecule has 1 aromatic carbocycles. The van der Waals surface area contributed by atoms with Gasteiger partial charge in [0.1, 0.15) is 0 Å². The van der Waals surface area contributed by atoms with Gasteiger partial charge in [0.05, 0.1) is 6.61 Å². The number of hydrogen-bond acceptors (Lipinski definition) is 2. The first-order chi connectivity index (χ1) is 8.76. The Labute approximate surface area is 106 Å². The van der Waals surface area contributed by atoms with Crippen LogP contribution in [0.2, 0.25) is 0 Å². The monoisotopic (exact) mass is 246 g/mol. The van der Waals surface area contributed by atoms with Crippen LogP contribution < -0.4 is 5.32 Å². The lowest BCUT2D eigenvalue weighted by molar-refractivity contribution is -0.121. The summed E-state index contributed by atoms with van der Waals surface area (Å²) in [4.78, 5) is 11.5. The molecule has 2 aromatic rings. The lowest BCUT2D eigenvalue weighted by Gasteiger charge is -2.05. The van der Waals surface area contributed by atoms with Crippen LogP contribution in [0.15, 0.2) is 30.5 Å². The number of para-hydroxylation sites is 1. The van der Waals surface area contributed by atoms with Crippen molar-refractivity contribution in [2.75, 3.05) is 6.54 Å². The molecule has 0 saturated carbocycles. The first kappa shape index (κ1) is 12.6. The van der Waals surface area contributed by atoms with Gasteiger partial charge in [0, 0.05) is 42.2 Å². The third kappa shape index (κ3) is 2.54. The Morgan fingerprint density at radius 1 is 1.39 bits per heavy atom. The van der Waals surface area contributed by atoms with Crippen LogP contribution in [0.25, 0.3) is 10.9 Å². The van der Waals surface area contributed by atoms with Crippen molar-refractivity contribution in [1.82, 2.24) is 9.88 Å². The van der Waals surface area contributed by atoms with Gasteiger partial charge in [0.15, 0.2) is 0 Å². The van der Waals surface area contributed by atoms with Crippen LogP contribution in [0.5, 0.6) is 0 Å². The zero-order chi connectivity index (χ0) is 13.0. The molecule has 2 N–H and O–H groups in total. The standard InChI is InChI=1S/C14H18N2O2/c1-2-15-14(18)7-8-16-9-11(10-17)12-5-3-4-6-13(12)16/h3-6,9,17H,2,7-8,10H2,1H3,(H,15,18). The number of nitrogens with one attached hydrogen (secondary N) is 1. The van der Waals surface area contributed by atoms with Crippen LogP contribution in [0.3, 0.4) is 0 Å². The minimum Gasteiger partial charge on any atom is -0.392 e. The second-order valence-electron chi connectivity index (χ2n) is 4.23.